The SMILES string of the molecule is Nc1cncc(Oc2ccccc2CCO)n1. The first-order chi connectivity index (χ1) is 8.29. The molecular formula is C12H13N3O2. The lowest BCUT2D eigenvalue weighted by atomic mass is 10.1. The summed E-state index contributed by atoms with van der Waals surface area (Å²) in [6, 6.07) is 7.46. The van der Waals surface area contributed by atoms with Crippen molar-refractivity contribution in [3.05, 3.63) is 42.2 Å². The Bertz CT molecular complexity index is 503. The Hall–Kier alpha value is -2.14. The lowest BCUT2D eigenvalue weighted by Crippen LogP contribution is -1.98. The number of ether oxygens (including phenoxy) is 1. The molecule has 0 atom stereocenters. The molecular weight excluding hydrogens is 218 g/mol. The largest absolute Gasteiger partial charge is 0.437 e. The lowest BCUT2D eigenvalue weighted by Gasteiger charge is -2.09. The number of hydrogen-bond acceptors (Lipinski definition) is 5. The summed E-state index contributed by atoms with van der Waals surface area (Å²) >= 11 is 0. The standard InChI is InChI=1S/C12H13N3O2/c13-11-7-14-8-12(15-11)17-10-4-2-1-3-9(10)5-6-16/h1-4,7-8,16H,5-6H2,(H2,13,15). The summed E-state index contributed by atoms with van der Waals surface area (Å²) in [6.07, 6.45) is 3.48. The summed E-state index contributed by atoms with van der Waals surface area (Å²) in [6.45, 7) is 0.0724. The normalized spacial score (nSPS) is 10.2. The van der Waals surface area contributed by atoms with Crippen molar-refractivity contribution in [1.29, 1.82) is 0 Å². The van der Waals surface area contributed by atoms with Crippen LogP contribution in [0.2, 0.25) is 0 Å². The maximum Gasteiger partial charge on any atom is 0.239 e. The molecule has 0 aliphatic carbocycles. The molecule has 0 fully saturated rings. The predicted molar refractivity (Wildman–Crippen MR) is 63.8 cm³/mol. The van der Waals surface area contributed by atoms with Gasteiger partial charge in [-0.1, -0.05) is 18.2 Å². The quantitative estimate of drug-likeness (QED) is 0.830. The first-order valence-electron chi connectivity index (χ1n) is 5.24. The molecule has 88 valence electrons. The van der Waals surface area contributed by atoms with Gasteiger partial charge in [-0.15, -0.1) is 0 Å². The fourth-order valence-corrected chi connectivity index (χ4v) is 1.45. The van der Waals surface area contributed by atoms with Gasteiger partial charge in [-0.05, 0) is 18.1 Å². The molecule has 2 rings (SSSR count). The molecule has 0 bridgehead atoms. The van der Waals surface area contributed by atoms with Crippen molar-refractivity contribution < 1.29 is 9.84 Å². The lowest BCUT2D eigenvalue weighted by molar-refractivity contribution is 0.297. The van der Waals surface area contributed by atoms with Gasteiger partial charge in [0.05, 0.1) is 12.4 Å². The molecule has 0 aliphatic heterocycles. The molecule has 0 spiro atoms. The Labute approximate surface area is 98.9 Å². The number of rotatable bonds is 4. The fourth-order valence-electron chi connectivity index (χ4n) is 1.45. The first kappa shape index (κ1) is 11.3. The topological polar surface area (TPSA) is 81.3 Å². The van der Waals surface area contributed by atoms with Crippen LogP contribution < -0.4 is 10.5 Å². The third kappa shape index (κ3) is 2.92. The van der Waals surface area contributed by atoms with Crippen LogP contribution in [0, 0.1) is 0 Å². The number of nitrogen functional groups attached to an aromatic ring is 1. The van der Waals surface area contributed by atoms with Crippen molar-refractivity contribution >= 4 is 5.82 Å². The monoisotopic (exact) mass is 231 g/mol. The molecule has 1 aromatic heterocycles. The second-order valence-electron chi connectivity index (χ2n) is 3.47. The van der Waals surface area contributed by atoms with Crippen LogP contribution in [0.3, 0.4) is 0 Å². The second kappa shape index (κ2) is 5.27. The van der Waals surface area contributed by atoms with Crippen molar-refractivity contribution in [2.75, 3.05) is 12.3 Å². The summed E-state index contributed by atoms with van der Waals surface area (Å²) in [5.74, 6) is 1.30. The van der Waals surface area contributed by atoms with Crippen LogP contribution in [0.25, 0.3) is 0 Å². The predicted octanol–water partition coefficient (Wildman–Crippen LogP) is 1.39. The Balaban J connectivity index is 2.23. The van der Waals surface area contributed by atoms with Gasteiger partial charge in [0.1, 0.15) is 11.6 Å². The molecule has 0 saturated heterocycles. The highest BCUT2D eigenvalue weighted by molar-refractivity contribution is 5.37. The van der Waals surface area contributed by atoms with E-state index in [2.05, 4.69) is 9.97 Å². The highest BCUT2D eigenvalue weighted by Crippen LogP contribution is 2.23. The van der Waals surface area contributed by atoms with Gasteiger partial charge in [0.15, 0.2) is 0 Å². The molecule has 1 aromatic carbocycles. The minimum absolute atomic E-state index is 0.0724. The molecule has 0 unspecified atom stereocenters. The number of aliphatic hydroxyl groups is 1. The maximum absolute atomic E-state index is 8.95. The third-order valence-electron chi connectivity index (χ3n) is 2.20. The zero-order valence-corrected chi connectivity index (χ0v) is 9.21. The van der Waals surface area contributed by atoms with E-state index in [1.807, 2.05) is 24.3 Å². The molecule has 0 aliphatic rings. The Kier molecular flexibility index (Phi) is 3.52. The van der Waals surface area contributed by atoms with Crippen LogP contribution >= 0.6 is 0 Å². The zero-order chi connectivity index (χ0) is 12.1. The van der Waals surface area contributed by atoms with E-state index in [1.54, 1.807) is 0 Å². The molecule has 0 saturated carbocycles. The molecule has 5 heteroatoms. The van der Waals surface area contributed by atoms with Crippen LogP contribution in [0.15, 0.2) is 36.7 Å². The van der Waals surface area contributed by atoms with E-state index >= 15 is 0 Å². The van der Waals surface area contributed by atoms with Gasteiger partial charge in [-0.3, -0.25) is 4.98 Å². The average molecular weight is 231 g/mol. The van der Waals surface area contributed by atoms with Crippen LogP contribution in [0.5, 0.6) is 11.6 Å². The number of para-hydroxylation sites is 1. The number of nitrogens with two attached hydrogens (primary N) is 1. The molecule has 1 heterocycles. The van der Waals surface area contributed by atoms with Gasteiger partial charge in [0.2, 0.25) is 5.88 Å². The Morgan fingerprint density at radius 3 is 2.82 bits per heavy atom. The molecule has 17 heavy (non-hydrogen) atoms. The number of anilines is 1. The molecule has 2 aromatic rings. The number of aromatic nitrogens is 2. The van der Waals surface area contributed by atoms with Crippen LogP contribution in [0.1, 0.15) is 5.56 Å². The number of aliphatic hydroxyl groups excluding tert-OH is 1. The highest BCUT2D eigenvalue weighted by atomic mass is 16.5. The highest BCUT2D eigenvalue weighted by Gasteiger charge is 2.05. The average Bonchev–Trinajstić information content (AvgIpc) is 2.32. The third-order valence-corrected chi connectivity index (χ3v) is 2.20. The smallest absolute Gasteiger partial charge is 0.239 e. The summed E-state index contributed by atoms with van der Waals surface area (Å²) in [4.78, 5) is 7.89. The van der Waals surface area contributed by atoms with E-state index < -0.39 is 0 Å². The van der Waals surface area contributed by atoms with Crippen molar-refractivity contribution in [2.45, 2.75) is 6.42 Å². The maximum atomic E-state index is 8.95. The molecule has 5 nitrogen and oxygen atoms in total. The minimum atomic E-state index is 0.0724. The Morgan fingerprint density at radius 1 is 1.24 bits per heavy atom. The van der Waals surface area contributed by atoms with Gasteiger partial charge in [-0.25, -0.2) is 0 Å². The number of benzene rings is 1. The van der Waals surface area contributed by atoms with Crippen LogP contribution in [-0.4, -0.2) is 21.7 Å². The molecule has 0 radical (unpaired) electrons. The Morgan fingerprint density at radius 2 is 2.06 bits per heavy atom. The van der Waals surface area contributed by atoms with Crippen molar-refractivity contribution in [3.63, 3.8) is 0 Å². The number of hydrogen-bond donors (Lipinski definition) is 2. The van der Waals surface area contributed by atoms with E-state index in [4.69, 9.17) is 15.6 Å². The van der Waals surface area contributed by atoms with E-state index in [-0.39, 0.29) is 6.61 Å². The van der Waals surface area contributed by atoms with E-state index in [1.165, 1.54) is 12.4 Å². The number of nitrogens with zero attached hydrogens (tertiary/aromatic N) is 2. The van der Waals surface area contributed by atoms with Crippen molar-refractivity contribution in [2.24, 2.45) is 0 Å². The first-order valence-corrected chi connectivity index (χ1v) is 5.24. The van der Waals surface area contributed by atoms with Gasteiger partial charge in [-0.2, -0.15) is 4.98 Å². The van der Waals surface area contributed by atoms with E-state index in [0.29, 0.717) is 23.9 Å². The summed E-state index contributed by atoms with van der Waals surface area (Å²) in [5.41, 5.74) is 6.43. The molecule has 3 N–H and O–H groups in total. The van der Waals surface area contributed by atoms with Gasteiger partial charge < -0.3 is 15.6 Å². The fraction of sp³-hybridized carbons (Fsp3) is 0.167. The van der Waals surface area contributed by atoms with E-state index in [9.17, 15) is 0 Å². The van der Waals surface area contributed by atoms with Gasteiger partial charge >= 0.3 is 0 Å². The van der Waals surface area contributed by atoms with Crippen molar-refractivity contribution in [3.8, 4) is 11.6 Å². The summed E-state index contributed by atoms with van der Waals surface area (Å²) < 4.78 is 5.58. The summed E-state index contributed by atoms with van der Waals surface area (Å²) in [5, 5.41) is 8.95. The minimum Gasteiger partial charge on any atom is -0.437 e. The second-order valence-corrected chi connectivity index (χ2v) is 3.47. The summed E-state index contributed by atoms with van der Waals surface area (Å²) in [7, 11) is 0. The van der Waals surface area contributed by atoms with Gasteiger partial charge in [0.25, 0.3) is 0 Å². The zero-order valence-electron chi connectivity index (χ0n) is 9.21. The van der Waals surface area contributed by atoms with E-state index in [0.717, 1.165) is 5.56 Å². The van der Waals surface area contributed by atoms with Crippen LogP contribution in [-0.2, 0) is 6.42 Å². The molecule has 0 amide bonds. The van der Waals surface area contributed by atoms with Crippen molar-refractivity contribution in [1.82, 2.24) is 9.97 Å². The van der Waals surface area contributed by atoms with Crippen LogP contribution in [0.4, 0.5) is 5.82 Å². The van der Waals surface area contributed by atoms with Gasteiger partial charge in [0, 0.05) is 6.61 Å².